The quantitative estimate of drug-likeness (QED) is 0.675. The summed E-state index contributed by atoms with van der Waals surface area (Å²) < 4.78 is 5.16. The molecule has 0 radical (unpaired) electrons. The molecule has 0 aliphatic heterocycles. The van der Waals surface area contributed by atoms with E-state index in [4.69, 9.17) is 4.42 Å². The lowest BCUT2D eigenvalue weighted by atomic mass is 10.2. The maximum atomic E-state index is 10.7. The van der Waals surface area contributed by atoms with Gasteiger partial charge in [-0.05, 0) is 19.1 Å². The third-order valence-electron chi connectivity index (χ3n) is 1.79. The van der Waals surface area contributed by atoms with E-state index in [1.54, 1.807) is 18.3 Å². The number of carbonyl (C=O) groups excluding carboxylic acids is 1. The third kappa shape index (κ3) is 1.42. The summed E-state index contributed by atoms with van der Waals surface area (Å²) in [4.78, 5) is 18.8. The third-order valence-corrected chi connectivity index (χ3v) is 1.79. The number of pyridine rings is 1. The van der Waals surface area contributed by atoms with Gasteiger partial charge in [0.25, 0.3) is 0 Å². The number of hydrogen-bond donors (Lipinski definition) is 0. The molecule has 0 aliphatic carbocycles. The molecule has 0 spiro atoms. The van der Waals surface area contributed by atoms with E-state index < -0.39 is 0 Å². The van der Waals surface area contributed by atoms with Crippen LogP contribution in [0.3, 0.4) is 0 Å². The van der Waals surface area contributed by atoms with Crippen LogP contribution in [0.1, 0.15) is 16.1 Å². The molecule has 14 heavy (non-hydrogen) atoms. The van der Waals surface area contributed by atoms with E-state index in [-0.39, 0.29) is 0 Å². The fourth-order valence-electron chi connectivity index (χ4n) is 1.15. The van der Waals surface area contributed by atoms with Gasteiger partial charge in [0, 0.05) is 11.8 Å². The molecule has 2 rings (SSSR count). The van der Waals surface area contributed by atoms with Crippen molar-refractivity contribution in [2.45, 2.75) is 6.92 Å². The summed E-state index contributed by atoms with van der Waals surface area (Å²) in [6.45, 7) is 1.82. The Morgan fingerprint density at radius 2 is 2.36 bits per heavy atom. The summed E-state index contributed by atoms with van der Waals surface area (Å²) in [5.41, 5.74) is 1.73. The van der Waals surface area contributed by atoms with Crippen LogP contribution in [0.2, 0.25) is 0 Å². The fourth-order valence-corrected chi connectivity index (χ4v) is 1.15. The molecule has 0 saturated carbocycles. The Labute approximate surface area is 80.6 Å². The van der Waals surface area contributed by atoms with Crippen LogP contribution < -0.4 is 0 Å². The first-order valence-corrected chi connectivity index (χ1v) is 4.14. The molecule has 0 unspecified atom stereocenters. The molecule has 4 heteroatoms. The molecule has 0 aromatic carbocycles. The molecular weight excluding hydrogens is 180 g/mol. The van der Waals surface area contributed by atoms with Crippen molar-refractivity contribution >= 4 is 6.29 Å². The summed E-state index contributed by atoms with van der Waals surface area (Å²) in [6, 6.07) is 3.37. The lowest BCUT2D eigenvalue weighted by Gasteiger charge is -1.96. The largest absolute Gasteiger partial charge is 0.443 e. The average molecular weight is 188 g/mol. The van der Waals surface area contributed by atoms with Crippen molar-refractivity contribution in [2.75, 3.05) is 0 Å². The molecule has 2 aromatic rings. The van der Waals surface area contributed by atoms with Crippen molar-refractivity contribution < 1.29 is 9.21 Å². The number of hydrogen-bond acceptors (Lipinski definition) is 4. The summed E-state index contributed by atoms with van der Waals surface area (Å²) in [5, 5.41) is 0. The zero-order chi connectivity index (χ0) is 9.97. The minimum atomic E-state index is 0.380. The zero-order valence-electron chi connectivity index (χ0n) is 7.60. The summed E-state index contributed by atoms with van der Waals surface area (Å²) in [6.07, 6.45) is 3.86. The van der Waals surface area contributed by atoms with Crippen molar-refractivity contribution in [1.82, 2.24) is 9.97 Å². The Morgan fingerprint density at radius 1 is 1.50 bits per heavy atom. The Hall–Kier alpha value is -1.97. The van der Waals surface area contributed by atoms with Crippen molar-refractivity contribution in [1.29, 1.82) is 0 Å². The van der Waals surface area contributed by atoms with E-state index in [0.29, 0.717) is 17.1 Å². The highest BCUT2D eigenvalue weighted by Crippen LogP contribution is 2.18. The van der Waals surface area contributed by atoms with Crippen molar-refractivity contribution in [2.24, 2.45) is 0 Å². The standard InChI is InChI=1S/C10H8N2O2/c1-7-6-14-10(12-7)9-8(5-13)3-2-4-11-9/h2-6H,1H3. The predicted octanol–water partition coefficient (Wildman–Crippen LogP) is 1.86. The normalized spacial score (nSPS) is 10.1. The monoisotopic (exact) mass is 188 g/mol. The van der Waals surface area contributed by atoms with Crippen LogP contribution in [0.15, 0.2) is 29.0 Å². The van der Waals surface area contributed by atoms with Crippen molar-refractivity contribution in [3.8, 4) is 11.6 Å². The van der Waals surface area contributed by atoms with Gasteiger partial charge in [0.15, 0.2) is 6.29 Å². The lowest BCUT2D eigenvalue weighted by molar-refractivity contribution is 0.112. The molecule has 0 bridgehead atoms. The van der Waals surface area contributed by atoms with Gasteiger partial charge in [0.05, 0.1) is 5.69 Å². The smallest absolute Gasteiger partial charge is 0.246 e. The minimum absolute atomic E-state index is 0.380. The Bertz CT molecular complexity index is 463. The number of rotatable bonds is 2. The lowest BCUT2D eigenvalue weighted by Crippen LogP contribution is -1.90. The first kappa shape index (κ1) is 8.62. The van der Waals surface area contributed by atoms with Gasteiger partial charge in [-0.2, -0.15) is 0 Å². The topological polar surface area (TPSA) is 56.0 Å². The number of aldehydes is 1. The zero-order valence-corrected chi connectivity index (χ0v) is 7.60. The van der Waals surface area contributed by atoms with Gasteiger partial charge in [0.1, 0.15) is 12.0 Å². The van der Waals surface area contributed by atoms with Crippen LogP contribution in [0, 0.1) is 6.92 Å². The van der Waals surface area contributed by atoms with Gasteiger partial charge in [-0.15, -0.1) is 0 Å². The van der Waals surface area contributed by atoms with E-state index in [9.17, 15) is 4.79 Å². The molecule has 4 nitrogen and oxygen atoms in total. The van der Waals surface area contributed by atoms with Gasteiger partial charge < -0.3 is 4.42 Å². The number of oxazole rings is 1. The highest BCUT2D eigenvalue weighted by molar-refractivity contribution is 5.83. The van der Waals surface area contributed by atoms with Crippen LogP contribution in [-0.4, -0.2) is 16.3 Å². The minimum Gasteiger partial charge on any atom is -0.443 e. The number of nitrogens with zero attached hydrogens (tertiary/aromatic N) is 2. The summed E-state index contributed by atoms with van der Waals surface area (Å²) in [5.74, 6) is 0.380. The molecular formula is C10H8N2O2. The van der Waals surface area contributed by atoms with Gasteiger partial charge in [-0.25, -0.2) is 4.98 Å². The summed E-state index contributed by atoms with van der Waals surface area (Å²) >= 11 is 0. The van der Waals surface area contributed by atoms with Gasteiger partial charge in [-0.3, -0.25) is 9.78 Å². The fraction of sp³-hybridized carbons (Fsp3) is 0.100. The second kappa shape index (κ2) is 3.41. The SMILES string of the molecule is Cc1coc(-c2ncccc2C=O)n1. The van der Waals surface area contributed by atoms with E-state index in [2.05, 4.69) is 9.97 Å². The van der Waals surface area contributed by atoms with E-state index in [1.807, 2.05) is 6.92 Å². The van der Waals surface area contributed by atoms with Crippen LogP contribution in [-0.2, 0) is 0 Å². The number of aryl methyl sites for hydroxylation is 1. The summed E-state index contributed by atoms with van der Waals surface area (Å²) in [7, 11) is 0. The van der Waals surface area contributed by atoms with Crippen LogP contribution >= 0.6 is 0 Å². The molecule has 0 fully saturated rings. The molecule has 2 aromatic heterocycles. The van der Waals surface area contributed by atoms with Crippen LogP contribution in [0.25, 0.3) is 11.6 Å². The highest BCUT2D eigenvalue weighted by atomic mass is 16.3. The van der Waals surface area contributed by atoms with E-state index in [0.717, 1.165) is 12.0 Å². The van der Waals surface area contributed by atoms with Gasteiger partial charge in [0.2, 0.25) is 5.89 Å². The molecule has 0 atom stereocenters. The Kier molecular flexibility index (Phi) is 2.10. The highest BCUT2D eigenvalue weighted by Gasteiger charge is 2.10. The average Bonchev–Trinajstić information content (AvgIpc) is 2.65. The van der Waals surface area contributed by atoms with E-state index >= 15 is 0 Å². The Balaban J connectivity index is 2.55. The first-order valence-electron chi connectivity index (χ1n) is 4.14. The van der Waals surface area contributed by atoms with Gasteiger partial charge in [-0.1, -0.05) is 0 Å². The van der Waals surface area contributed by atoms with E-state index in [1.165, 1.54) is 6.26 Å². The van der Waals surface area contributed by atoms with Crippen molar-refractivity contribution in [3.63, 3.8) is 0 Å². The second-order valence-electron chi connectivity index (χ2n) is 2.85. The van der Waals surface area contributed by atoms with Crippen LogP contribution in [0.5, 0.6) is 0 Å². The van der Waals surface area contributed by atoms with Gasteiger partial charge >= 0.3 is 0 Å². The molecule has 0 N–H and O–H groups in total. The predicted molar refractivity (Wildman–Crippen MR) is 49.9 cm³/mol. The van der Waals surface area contributed by atoms with Crippen molar-refractivity contribution in [3.05, 3.63) is 35.9 Å². The number of aromatic nitrogens is 2. The second-order valence-corrected chi connectivity index (χ2v) is 2.85. The molecule has 0 saturated heterocycles. The molecule has 0 aliphatic rings. The Morgan fingerprint density at radius 3 is 3.00 bits per heavy atom. The van der Waals surface area contributed by atoms with Crippen LogP contribution in [0.4, 0.5) is 0 Å². The first-order chi connectivity index (χ1) is 6.81. The maximum absolute atomic E-state index is 10.7. The molecule has 70 valence electrons. The molecule has 0 amide bonds. The molecule has 2 heterocycles. The maximum Gasteiger partial charge on any atom is 0.246 e. The number of carbonyl (C=O) groups is 1.